The van der Waals surface area contributed by atoms with Crippen LogP contribution in [0.4, 0.5) is 10.1 Å². The molecular formula is C19H21FN2O5S2. The molecule has 0 bridgehead atoms. The maximum atomic E-state index is 14.4. The second-order valence-corrected chi connectivity index (χ2v) is 10.7. The van der Waals surface area contributed by atoms with Crippen molar-refractivity contribution in [2.75, 3.05) is 37.2 Å². The van der Waals surface area contributed by atoms with Crippen molar-refractivity contribution in [3.63, 3.8) is 0 Å². The van der Waals surface area contributed by atoms with E-state index in [0.29, 0.717) is 31.6 Å². The first-order valence-electron chi connectivity index (χ1n) is 9.30. The van der Waals surface area contributed by atoms with Crippen molar-refractivity contribution in [1.82, 2.24) is 4.31 Å². The molecule has 0 amide bonds. The number of anilines is 1. The number of nitrogens with zero attached hydrogens (tertiary/aromatic N) is 2. The Morgan fingerprint density at radius 3 is 2.10 bits per heavy atom. The maximum absolute atomic E-state index is 14.4. The molecular weight excluding hydrogens is 419 g/mol. The Hall–Kier alpha value is -2.01. The van der Waals surface area contributed by atoms with Gasteiger partial charge in [-0.1, -0.05) is 12.1 Å². The standard InChI is InChI=1S/C19H21FN2O5S2/c20-18-5-1-3-15-4-2-10-22(19(15)18)29(25,26)17-8-6-16(7-9-17)28(23,24)21-11-13-27-14-12-21/h1,3,5-9H,2,4,10-14H2. The molecule has 2 aromatic carbocycles. The van der Waals surface area contributed by atoms with Crippen LogP contribution in [0.1, 0.15) is 12.0 Å². The number of fused-ring (bicyclic) bond motifs is 1. The van der Waals surface area contributed by atoms with Crippen molar-refractivity contribution in [1.29, 1.82) is 0 Å². The van der Waals surface area contributed by atoms with Crippen molar-refractivity contribution < 1.29 is 26.0 Å². The monoisotopic (exact) mass is 440 g/mol. The predicted octanol–water partition coefficient (Wildman–Crippen LogP) is 1.99. The molecule has 10 heteroatoms. The third-order valence-electron chi connectivity index (χ3n) is 5.15. The first kappa shape index (κ1) is 20.3. The lowest BCUT2D eigenvalue weighted by atomic mass is 10.0. The van der Waals surface area contributed by atoms with Gasteiger partial charge in [-0.25, -0.2) is 21.2 Å². The molecule has 4 rings (SSSR count). The average molecular weight is 441 g/mol. The number of ether oxygens (including phenoxy) is 1. The minimum absolute atomic E-state index is 0.0172. The van der Waals surface area contributed by atoms with Crippen molar-refractivity contribution in [3.8, 4) is 0 Å². The first-order valence-corrected chi connectivity index (χ1v) is 12.2. The number of benzene rings is 2. The fourth-order valence-electron chi connectivity index (χ4n) is 3.65. The Bertz CT molecular complexity index is 1110. The minimum atomic E-state index is -4.02. The van der Waals surface area contributed by atoms with E-state index in [9.17, 15) is 21.2 Å². The van der Waals surface area contributed by atoms with Crippen LogP contribution in [0.3, 0.4) is 0 Å². The molecule has 1 fully saturated rings. The van der Waals surface area contributed by atoms with Gasteiger partial charge in [-0.2, -0.15) is 4.31 Å². The largest absolute Gasteiger partial charge is 0.379 e. The van der Waals surface area contributed by atoms with Gasteiger partial charge in [0.05, 0.1) is 28.7 Å². The Morgan fingerprint density at radius 2 is 1.45 bits per heavy atom. The summed E-state index contributed by atoms with van der Waals surface area (Å²) in [5, 5.41) is 0. The molecule has 0 aromatic heterocycles. The van der Waals surface area contributed by atoms with Gasteiger partial charge in [0.1, 0.15) is 5.82 Å². The first-order chi connectivity index (χ1) is 13.8. The normalized spacial score (nSPS) is 18.4. The van der Waals surface area contributed by atoms with Crippen LogP contribution in [-0.2, 0) is 31.2 Å². The molecule has 2 aromatic rings. The third kappa shape index (κ3) is 3.65. The lowest BCUT2D eigenvalue weighted by molar-refractivity contribution is 0.0730. The zero-order chi connectivity index (χ0) is 20.6. The molecule has 0 spiro atoms. The number of morpholine rings is 1. The van der Waals surface area contributed by atoms with Gasteiger partial charge in [0, 0.05) is 19.6 Å². The molecule has 156 valence electrons. The van der Waals surface area contributed by atoms with E-state index in [1.165, 1.54) is 34.6 Å². The molecule has 0 radical (unpaired) electrons. The summed E-state index contributed by atoms with van der Waals surface area (Å²) in [6.45, 7) is 1.33. The molecule has 2 heterocycles. The van der Waals surface area contributed by atoms with E-state index in [0.717, 1.165) is 4.31 Å². The number of rotatable bonds is 4. The summed E-state index contributed by atoms with van der Waals surface area (Å²) in [4.78, 5) is -0.0573. The quantitative estimate of drug-likeness (QED) is 0.726. The minimum Gasteiger partial charge on any atom is -0.379 e. The van der Waals surface area contributed by atoms with E-state index in [2.05, 4.69) is 0 Å². The Labute approximate surface area is 169 Å². The molecule has 0 aliphatic carbocycles. The number of sulfonamides is 2. The van der Waals surface area contributed by atoms with Gasteiger partial charge in [0.15, 0.2) is 0 Å². The van der Waals surface area contributed by atoms with E-state index in [4.69, 9.17) is 4.74 Å². The maximum Gasteiger partial charge on any atom is 0.264 e. The lowest BCUT2D eigenvalue weighted by Gasteiger charge is -2.31. The van der Waals surface area contributed by atoms with Gasteiger partial charge in [-0.05, 0) is 48.7 Å². The summed E-state index contributed by atoms with van der Waals surface area (Å²) in [7, 11) is -7.74. The molecule has 0 atom stereocenters. The Kier molecular flexibility index (Phi) is 5.36. The van der Waals surface area contributed by atoms with E-state index < -0.39 is 25.9 Å². The second-order valence-electron chi connectivity index (χ2n) is 6.92. The fourth-order valence-corrected chi connectivity index (χ4v) is 6.61. The summed E-state index contributed by atoms with van der Waals surface area (Å²) in [6, 6.07) is 9.61. The molecule has 1 saturated heterocycles. The molecule has 2 aliphatic heterocycles. The number of hydrogen-bond donors (Lipinski definition) is 0. The highest BCUT2D eigenvalue weighted by molar-refractivity contribution is 7.93. The summed E-state index contributed by atoms with van der Waals surface area (Å²) in [6.07, 6.45) is 1.19. The van der Waals surface area contributed by atoms with Crippen LogP contribution in [0, 0.1) is 5.82 Å². The number of aryl methyl sites for hydroxylation is 1. The number of halogens is 1. The molecule has 2 aliphatic rings. The zero-order valence-corrected chi connectivity index (χ0v) is 17.3. The lowest BCUT2D eigenvalue weighted by Crippen LogP contribution is -2.40. The third-order valence-corrected chi connectivity index (χ3v) is 8.87. The molecule has 0 saturated carbocycles. The highest BCUT2D eigenvalue weighted by Gasteiger charge is 2.32. The molecule has 7 nitrogen and oxygen atoms in total. The summed E-state index contributed by atoms with van der Waals surface area (Å²) in [5.74, 6) is -0.586. The van der Waals surface area contributed by atoms with Crippen molar-refractivity contribution >= 4 is 25.7 Å². The van der Waals surface area contributed by atoms with E-state index in [1.807, 2.05) is 0 Å². The second kappa shape index (κ2) is 7.67. The summed E-state index contributed by atoms with van der Waals surface area (Å²) < 4.78 is 73.7. The van der Waals surface area contributed by atoms with Gasteiger partial charge in [-0.15, -0.1) is 0 Å². The van der Waals surface area contributed by atoms with Crippen LogP contribution in [0.2, 0.25) is 0 Å². The van der Waals surface area contributed by atoms with Crippen LogP contribution in [-0.4, -0.2) is 54.0 Å². The van der Waals surface area contributed by atoms with E-state index >= 15 is 0 Å². The number of hydrogen-bond acceptors (Lipinski definition) is 5. The highest BCUT2D eigenvalue weighted by atomic mass is 32.2. The van der Waals surface area contributed by atoms with Gasteiger partial charge < -0.3 is 4.74 Å². The summed E-state index contributed by atoms with van der Waals surface area (Å²) in [5.41, 5.74) is 0.718. The number of para-hydroxylation sites is 1. The topological polar surface area (TPSA) is 84.0 Å². The Morgan fingerprint density at radius 1 is 0.828 bits per heavy atom. The van der Waals surface area contributed by atoms with Gasteiger partial charge >= 0.3 is 0 Å². The van der Waals surface area contributed by atoms with Crippen LogP contribution >= 0.6 is 0 Å². The highest BCUT2D eigenvalue weighted by Crippen LogP contribution is 2.34. The van der Waals surface area contributed by atoms with Gasteiger partial charge in [-0.3, -0.25) is 4.31 Å². The molecule has 29 heavy (non-hydrogen) atoms. The average Bonchev–Trinajstić information content (AvgIpc) is 2.74. The van der Waals surface area contributed by atoms with Gasteiger partial charge in [0.25, 0.3) is 10.0 Å². The van der Waals surface area contributed by atoms with Crippen molar-refractivity contribution in [3.05, 3.63) is 53.8 Å². The molecule has 0 N–H and O–H groups in total. The SMILES string of the molecule is O=S(=O)(c1ccc(S(=O)(=O)N2CCCc3cccc(F)c32)cc1)N1CCOCC1. The van der Waals surface area contributed by atoms with Crippen molar-refractivity contribution in [2.24, 2.45) is 0 Å². The van der Waals surface area contributed by atoms with Crippen molar-refractivity contribution in [2.45, 2.75) is 22.6 Å². The predicted molar refractivity (Wildman–Crippen MR) is 105 cm³/mol. The Balaban J connectivity index is 1.66. The van der Waals surface area contributed by atoms with Gasteiger partial charge in [0.2, 0.25) is 10.0 Å². The smallest absolute Gasteiger partial charge is 0.264 e. The summed E-state index contributed by atoms with van der Waals surface area (Å²) >= 11 is 0. The molecule has 0 unspecified atom stereocenters. The van der Waals surface area contributed by atoms with Crippen LogP contribution in [0.15, 0.2) is 52.3 Å². The van der Waals surface area contributed by atoms with E-state index in [1.54, 1.807) is 12.1 Å². The van der Waals surface area contributed by atoms with Crippen LogP contribution in [0.25, 0.3) is 0 Å². The van der Waals surface area contributed by atoms with Crippen LogP contribution in [0.5, 0.6) is 0 Å². The fraction of sp³-hybridized carbons (Fsp3) is 0.368. The van der Waals surface area contributed by atoms with Crippen LogP contribution < -0.4 is 4.31 Å². The zero-order valence-electron chi connectivity index (χ0n) is 15.6. The van der Waals surface area contributed by atoms with E-state index in [-0.39, 0.29) is 35.1 Å².